The van der Waals surface area contributed by atoms with E-state index in [0.29, 0.717) is 6.54 Å². The number of hydrogen-bond donors (Lipinski definition) is 2. The molecule has 8 heteroatoms. The maximum atomic E-state index is 12.2. The standard InChI is InChI=1S/C12H24N4O2S2/c1-9-12(19-11(3)14-9)10(2)15-20(17,18)16(5)8-6-7-13-4/h10,13,15H,6-8H2,1-5H3. The maximum Gasteiger partial charge on any atom is 0.279 e. The molecule has 6 nitrogen and oxygen atoms in total. The molecule has 116 valence electrons. The van der Waals surface area contributed by atoms with E-state index in [-0.39, 0.29) is 6.04 Å². The van der Waals surface area contributed by atoms with E-state index < -0.39 is 10.2 Å². The number of nitrogens with zero attached hydrogens (tertiary/aromatic N) is 2. The Kier molecular flexibility index (Phi) is 6.53. The molecule has 0 saturated carbocycles. The first-order valence-electron chi connectivity index (χ1n) is 6.60. The van der Waals surface area contributed by atoms with Crippen molar-refractivity contribution in [3.05, 3.63) is 15.6 Å². The van der Waals surface area contributed by atoms with Gasteiger partial charge in [-0.25, -0.2) is 4.98 Å². The van der Waals surface area contributed by atoms with E-state index in [1.165, 1.54) is 15.6 Å². The predicted octanol–water partition coefficient (Wildman–Crippen LogP) is 1.20. The molecule has 2 N–H and O–H groups in total. The van der Waals surface area contributed by atoms with Crippen LogP contribution in [-0.2, 0) is 10.2 Å². The fourth-order valence-corrected chi connectivity index (χ4v) is 4.03. The van der Waals surface area contributed by atoms with Crippen LogP contribution in [0.1, 0.15) is 35.0 Å². The van der Waals surface area contributed by atoms with Gasteiger partial charge in [-0.3, -0.25) is 0 Å². The first-order valence-corrected chi connectivity index (χ1v) is 8.85. The second-order valence-electron chi connectivity index (χ2n) is 4.81. The van der Waals surface area contributed by atoms with Gasteiger partial charge in [0.15, 0.2) is 0 Å². The van der Waals surface area contributed by atoms with E-state index in [0.717, 1.165) is 28.5 Å². The summed E-state index contributed by atoms with van der Waals surface area (Å²) in [6, 6.07) is -0.266. The number of aryl methyl sites for hydroxylation is 2. The molecule has 1 aromatic rings. The van der Waals surface area contributed by atoms with Gasteiger partial charge in [0.05, 0.1) is 16.7 Å². The van der Waals surface area contributed by atoms with E-state index in [2.05, 4.69) is 15.0 Å². The van der Waals surface area contributed by atoms with E-state index in [9.17, 15) is 8.42 Å². The third kappa shape index (κ3) is 4.78. The zero-order chi connectivity index (χ0) is 15.3. The highest BCUT2D eigenvalue weighted by molar-refractivity contribution is 7.87. The number of thiazole rings is 1. The molecule has 0 aliphatic heterocycles. The molecule has 0 aliphatic rings. The van der Waals surface area contributed by atoms with Gasteiger partial charge in [0.2, 0.25) is 0 Å². The van der Waals surface area contributed by atoms with Crippen LogP contribution in [0.2, 0.25) is 0 Å². The first-order chi connectivity index (χ1) is 9.27. The topological polar surface area (TPSA) is 74.3 Å². The Morgan fingerprint density at radius 3 is 2.55 bits per heavy atom. The monoisotopic (exact) mass is 320 g/mol. The summed E-state index contributed by atoms with van der Waals surface area (Å²) in [6.45, 7) is 6.96. The molecule has 1 atom stereocenters. The van der Waals surface area contributed by atoms with Crippen LogP contribution in [0.5, 0.6) is 0 Å². The molecular formula is C12H24N4O2S2. The molecule has 0 amide bonds. The van der Waals surface area contributed by atoms with Crippen molar-refractivity contribution < 1.29 is 8.42 Å². The molecule has 0 spiro atoms. The fraction of sp³-hybridized carbons (Fsp3) is 0.750. The Hall–Kier alpha value is -0.540. The number of hydrogen-bond acceptors (Lipinski definition) is 5. The van der Waals surface area contributed by atoms with Crippen molar-refractivity contribution in [2.45, 2.75) is 33.2 Å². The van der Waals surface area contributed by atoms with Crippen LogP contribution in [-0.4, -0.2) is 44.9 Å². The summed E-state index contributed by atoms with van der Waals surface area (Å²) in [4.78, 5) is 5.30. The Bertz CT molecular complexity index is 528. The lowest BCUT2D eigenvalue weighted by Gasteiger charge is -2.20. The van der Waals surface area contributed by atoms with E-state index in [4.69, 9.17) is 0 Å². The highest BCUT2D eigenvalue weighted by Gasteiger charge is 2.22. The van der Waals surface area contributed by atoms with Gasteiger partial charge >= 0.3 is 0 Å². The van der Waals surface area contributed by atoms with Crippen LogP contribution >= 0.6 is 11.3 Å². The summed E-state index contributed by atoms with van der Waals surface area (Å²) in [5, 5.41) is 3.95. The van der Waals surface area contributed by atoms with Crippen molar-refractivity contribution in [1.29, 1.82) is 0 Å². The maximum absolute atomic E-state index is 12.2. The molecule has 0 saturated heterocycles. The van der Waals surface area contributed by atoms with Crippen molar-refractivity contribution in [3.8, 4) is 0 Å². The molecule has 1 rings (SSSR count). The summed E-state index contributed by atoms with van der Waals surface area (Å²) in [7, 11) is -0.0175. The smallest absolute Gasteiger partial charge is 0.279 e. The van der Waals surface area contributed by atoms with E-state index in [1.54, 1.807) is 7.05 Å². The molecule has 0 aliphatic carbocycles. The molecule has 0 aromatic carbocycles. The number of rotatable bonds is 8. The molecule has 0 fully saturated rings. The highest BCUT2D eigenvalue weighted by atomic mass is 32.2. The average molecular weight is 320 g/mol. The molecular weight excluding hydrogens is 296 g/mol. The third-order valence-corrected chi connectivity index (χ3v) is 5.88. The van der Waals surface area contributed by atoms with Gasteiger partial charge in [-0.05, 0) is 40.8 Å². The predicted molar refractivity (Wildman–Crippen MR) is 83.2 cm³/mol. The lowest BCUT2D eigenvalue weighted by molar-refractivity contribution is 0.442. The Balaban J connectivity index is 2.68. The summed E-state index contributed by atoms with van der Waals surface area (Å²) in [5.74, 6) is 0. The summed E-state index contributed by atoms with van der Waals surface area (Å²) in [6.07, 6.45) is 0.779. The van der Waals surface area contributed by atoms with Gasteiger partial charge in [0, 0.05) is 18.5 Å². The van der Waals surface area contributed by atoms with Crippen molar-refractivity contribution in [2.24, 2.45) is 0 Å². The molecule has 1 heterocycles. The third-order valence-electron chi connectivity index (χ3n) is 2.97. The van der Waals surface area contributed by atoms with Gasteiger partial charge in [0.1, 0.15) is 0 Å². The quantitative estimate of drug-likeness (QED) is 0.706. The SMILES string of the molecule is CNCCCN(C)S(=O)(=O)NC(C)c1sc(C)nc1C. The average Bonchev–Trinajstić information content (AvgIpc) is 2.68. The zero-order valence-corrected chi connectivity index (χ0v) is 14.4. The van der Waals surface area contributed by atoms with Crippen LogP contribution in [0, 0.1) is 13.8 Å². The molecule has 0 radical (unpaired) electrons. The molecule has 0 bridgehead atoms. The Morgan fingerprint density at radius 1 is 1.40 bits per heavy atom. The molecule has 1 unspecified atom stereocenters. The van der Waals surface area contributed by atoms with Crippen molar-refractivity contribution in [2.75, 3.05) is 27.2 Å². The van der Waals surface area contributed by atoms with Gasteiger partial charge in [0.25, 0.3) is 10.2 Å². The lowest BCUT2D eigenvalue weighted by atomic mass is 10.2. The Morgan fingerprint density at radius 2 is 2.05 bits per heavy atom. The minimum absolute atomic E-state index is 0.266. The van der Waals surface area contributed by atoms with Crippen molar-refractivity contribution >= 4 is 21.5 Å². The van der Waals surface area contributed by atoms with Gasteiger partial charge in [-0.15, -0.1) is 11.3 Å². The van der Waals surface area contributed by atoms with Gasteiger partial charge < -0.3 is 5.32 Å². The molecule has 1 aromatic heterocycles. The van der Waals surface area contributed by atoms with E-state index in [1.807, 2.05) is 27.8 Å². The fourth-order valence-electron chi connectivity index (χ4n) is 1.91. The van der Waals surface area contributed by atoms with Crippen LogP contribution in [0.3, 0.4) is 0 Å². The minimum Gasteiger partial charge on any atom is -0.320 e. The first kappa shape index (κ1) is 17.5. The minimum atomic E-state index is -3.46. The zero-order valence-electron chi connectivity index (χ0n) is 12.7. The normalized spacial score (nSPS) is 13.9. The van der Waals surface area contributed by atoms with Crippen molar-refractivity contribution in [3.63, 3.8) is 0 Å². The Labute approximate surface area is 125 Å². The summed E-state index contributed by atoms with van der Waals surface area (Å²) < 4.78 is 28.5. The van der Waals surface area contributed by atoms with E-state index >= 15 is 0 Å². The second kappa shape index (κ2) is 7.46. The molecule has 20 heavy (non-hydrogen) atoms. The van der Waals surface area contributed by atoms with Crippen LogP contribution in [0.15, 0.2) is 0 Å². The number of nitrogens with one attached hydrogen (secondary N) is 2. The van der Waals surface area contributed by atoms with Gasteiger partial charge in [-0.2, -0.15) is 17.4 Å². The highest BCUT2D eigenvalue weighted by Crippen LogP contribution is 2.25. The summed E-state index contributed by atoms with van der Waals surface area (Å²) >= 11 is 1.53. The van der Waals surface area contributed by atoms with Crippen molar-refractivity contribution in [1.82, 2.24) is 19.3 Å². The lowest BCUT2D eigenvalue weighted by Crippen LogP contribution is -2.40. The van der Waals surface area contributed by atoms with Crippen LogP contribution in [0.4, 0.5) is 0 Å². The summed E-state index contributed by atoms with van der Waals surface area (Å²) in [5.41, 5.74) is 0.889. The van der Waals surface area contributed by atoms with Gasteiger partial charge in [-0.1, -0.05) is 0 Å². The van der Waals surface area contributed by atoms with Crippen LogP contribution < -0.4 is 10.0 Å². The second-order valence-corrected chi connectivity index (χ2v) is 7.85. The number of aromatic nitrogens is 1. The van der Waals surface area contributed by atoms with Crippen LogP contribution in [0.25, 0.3) is 0 Å². The largest absolute Gasteiger partial charge is 0.320 e.